The first kappa shape index (κ1) is 14.1. The Hall–Kier alpha value is -1.30. The number of benzene rings is 1. The van der Waals surface area contributed by atoms with Crippen LogP contribution < -0.4 is 11.1 Å². The number of aliphatic hydroxyl groups is 1. The molecule has 1 amide bonds. The smallest absolute Gasteiger partial charge is 0.241 e. The van der Waals surface area contributed by atoms with E-state index in [2.05, 4.69) is 5.32 Å². The number of carbonyl (C=O) groups is 1. The number of hydrogen-bond acceptors (Lipinski definition) is 4. The summed E-state index contributed by atoms with van der Waals surface area (Å²) in [5, 5.41) is 12.8. The van der Waals surface area contributed by atoms with Crippen molar-refractivity contribution in [3.05, 3.63) is 23.2 Å². The average Bonchev–Trinajstić information content (AvgIpc) is 2.79. The molecule has 0 aromatic heterocycles. The molecule has 1 aromatic carbocycles. The van der Waals surface area contributed by atoms with Crippen LogP contribution in [0.3, 0.4) is 0 Å². The number of hydrogen-bond donors (Lipinski definition) is 3. The molecule has 0 saturated carbocycles. The number of nitrogens with two attached hydrogens (primary N) is 1. The number of nitrogens with zero attached hydrogens (tertiary/aromatic N) is 1. The molecule has 1 heterocycles. The van der Waals surface area contributed by atoms with Gasteiger partial charge in [0.15, 0.2) is 0 Å². The lowest BCUT2D eigenvalue weighted by atomic mass is 10.2. The zero-order valence-corrected chi connectivity index (χ0v) is 11.5. The van der Waals surface area contributed by atoms with Crippen molar-refractivity contribution in [3.63, 3.8) is 0 Å². The van der Waals surface area contributed by atoms with E-state index >= 15 is 0 Å². The molecule has 1 aliphatic rings. The number of nitrogen functional groups attached to an aromatic ring is 1. The quantitative estimate of drug-likeness (QED) is 0.731. The fourth-order valence-corrected chi connectivity index (χ4v) is 2.33. The van der Waals surface area contributed by atoms with Gasteiger partial charge in [-0.3, -0.25) is 9.69 Å². The predicted octanol–water partition coefficient (Wildman–Crippen LogP) is 1.32. The molecule has 104 valence electrons. The largest absolute Gasteiger partial charge is 0.397 e. The molecule has 2 atom stereocenters. The highest BCUT2D eigenvalue weighted by Gasteiger charge is 2.28. The van der Waals surface area contributed by atoms with Crippen molar-refractivity contribution in [2.75, 3.05) is 24.1 Å². The van der Waals surface area contributed by atoms with Crippen LogP contribution in [0.1, 0.15) is 13.3 Å². The van der Waals surface area contributed by atoms with Gasteiger partial charge in [-0.1, -0.05) is 11.6 Å². The summed E-state index contributed by atoms with van der Waals surface area (Å²) in [6.45, 7) is 3.06. The molecule has 0 spiro atoms. The van der Waals surface area contributed by atoms with Crippen LogP contribution in [0.2, 0.25) is 5.02 Å². The summed E-state index contributed by atoms with van der Waals surface area (Å²) in [7, 11) is 0. The highest BCUT2D eigenvalue weighted by molar-refractivity contribution is 6.31. The van der Waals surface area contributed by atoms with Crippen LogP contribution in [-0.2, 0) is 4.79 Å². The third-order valence-electron chi connectivity index (χ3n) is 3.40. The normalized spacial score (nSPS) is 21.3. The van der Waals surface area contributed by atoms with Gasteiger partial charge in [-0.2, -0.15) is 0 Å². The Kier molecular flexibility index (Phi) is 4.29. The number of nitrogens with one attached hydrogen (secondary N) is 1. The summed E-state index contributed by atoms with van der Waals surface area (Å²) in [6.07, 6.45) is 0.364. The molecule has 1 fully saturated rings. The van der Waals surface area contributed by atoms with E-state index in [1.807, 2.05) is 11.8 Å². The Balaban J connectivity index is 2.02. The second-order valence-corrected chi connectivity index (χ2v) is 5.27. The topological polar surface area (TPSA) is 78.6 Å². The molecule has 0 radical (unpaired) electrons. The zero-order valence-electron chi connectivity index (χ0n) is 10.8. The highest BCUT2D eigenvalue weighted by atomic mass is 35.5. The van der Waals surface area contributed by atoms with Crippen molar-refractivity contribution in [2.24, 2.45) is 0 Å². The fraction of sp³-hybridized carbons (Fsp3) is 0.462. The number of carbonyl (C=O) groups excluding carboxylic acids is 1. The lowest BCUT2D eigenvalue weighted by molar-refractivity contribution is -0.120. The van der Waals surface area contributed by atoms with E-state index in [1.54, 1.807) is 18.2 Å². The summed E-state index contributed by atoms with van der Waals surface area (Å²) in [5.41, 5.74) is 6.78. The van der Waals surface area contributed by atoms with Gasteiger partial charge in [-0.05, 0) is 31.5 Å². The number of rotatable bonds is 3. The maximum atomic E-state index is 12.1. The number of amides is 1. The molecule has 2 unspecified atom stereocenters. The number of likely N-dealkylation sites (tertiary alicyclic amines) is 1. The van der Waals surface area contributed by atoms with E-state index in [4.69, 9.17) is 17.3 Å². The van der Waals surface area contributed by atoms with Gasteiger partial charge in [0, 0.05) is 18.1 Å². The SMILES string of the molecule is CC(C(=O)Nc1cc(Cl)ccc1N)N1CCC(O)C1. The minimum absolute atomic E-state index is 0.150. The zero-order chi connectivity index (χ0) is 14.0. The first-order valence-electron chi connectivity index (χ1n) is 6.25. The summed E-state index contributed by atoms with van der Waals surface area (Å²) in [4.78, 5) is 14.1. The minimum Gasteiger partial charge on any atom is -0.397 e. The summed E-state index contributed by atoms with van der Waals surface area (Å²) in [5.74, 6) is -0.150. The average molecular weight is 284 g/mol. The van der Waals surface area contributed by atoms with Gasteiger partial charge in [-0.25, -0.2) is 0 Å². The van der Waals surface area contributed by atoms with Gasteiger partial charge >= 0.3 is 0 Å². The van der Waals surface area contributed by atoms with Gasteiger partial charge in [0.25, 0.3) is 0 Å². The van der Waals surface area contributed by atoms with Crippen molar-refractivity contribution in [3.8, 4) is 0 Å². The van der Waals surface area contributed by atoms with E-state index in [0.717, 1.165) is 6.54 Å². The molecule has 0 aliphatic carbocycles. The van der Waals surface area contributed by atoms with Gasteiger partial charge in [0.05, 0.1) is 23.5 Å². The van der Waals surface area contributed by atoms with Crippen molar-refractivity contribution in [1.82, 2.24) is 4.90 Å². The lowest BCUT2D eigenvalue weighted by Crippen LogP contribution is -2.41. The Morgan fingerprint density at radius 1 is 1.63 bits per heavy atom. The third kappa shape index (κ3) is 3.37. The van der Waals surface area contributed by atoms with Crippen LogP contribution >= 0.6 is 11.6 Å². The van der Waals surface area contributed by atoms with E-state index in [9.17, 15) is 9.90 Å². The Morgan fingerprint density at radius 2 is 2.37 bits per heavy atom. The van der Waals surface area contributed by atoms with Crippen LogP contribution in [0.25, 0.3) is 0 Å². The first-order chi connectivity index (χ1) is 8.97. The Labute approximate surface area is 117 Å². The fourth-order valence-electron chi connectivity index (χ4n) is 2.16. The van der Waals surface area contributed by atoms with Crippen LogP contribution in [0.5, 0.6) is 0 Å². The van der Waals surface area contributed by atoms with Crippen molar-refractivity contribution >= 4 is 28.9 Å². The molecule has 0 bridgehead atoms. The summed E-state index contributed by atoms with van der Waals surface area (Å²) >= 11 is 5.88. The monoisotopic (exact) mass is 283 g/mol. The Morgan fingerprint density at radius 3 is 3.00 bits per heavy atom. The molecule has 4 N–H and O–H groups in total. The molecule has 6 heteroatoms. The van der Waals surface area contributed by atoms with E-state index < -0.39 is 0 Å². The molecule has 1 aromatic rings. The number of halogens is 1. The van der Waals surface area contributed by atoms with E-state index in [-0.39, 0.29) is 18.1 Å². The number of anilines is 2. The van der Waals surface area contributed by atoms with Gasteiger partial charge in [0.1, 0.15) is 0 Å². The maximum absolute atomic E-state index is 12.1. The molecule has 1 aliphatic heterocycles. The number of aliphatic hydroxyl groups excluding tert-OH is 1. The Bertz CT molecular complexity index is 481. The molecule has 19 heavy (non-hydrogen) atoms. The summed E-state index contributed by atoms with van der Waals surface area (Å²) < 4.78 is 0. The lowest BCUT2D eigenvalue weighted by Gasteiger charge is -2.23. The second kappa shape index (κ2) is 5.77. The van der Waals surface area contributed by atoms with Crippen LogP contribution in [-0.4, -0.2) is 41.1 Å². The second-order valence-electron chi connectivity index (χ2n) is 4.83. The molecular formula is C13H18ClN3O2. The van der Waals surface area contributed by atoms with Crippen molar-refractivity contribution in [1.29, 1.82) is 0 Å². The first-order valence-corrected chi connectivity index (χ1v) is 6.63. The van der Waals surface area contributed by atoms with Gasteiger partial charge in [0.2, 0.25) is 5.91 Å². The predicted molar refractivity (Wildman–Crippen MR) is 76.2 cm³/mol. The number of β-amino-alcohol motifs (C(OH)–C–C–N with tert-alkyl or cyclic N) is 1. The molecular weight excluding hydrogens is 266 g/mol. The minimum atomic E-state index is -0.341. The molecule has 1 saturated heterocycles. The molecule has 2 rings (SSSR count). The van der Waals surface area contributed by atoms with Gasteiger partial charge < -0.3 is 16.2 Å². The standard InChI is InChI=1S/C13H18ClN3O2/c1-8(17-5-4-10(18)7-17)13(19)16-12-6-9(14)2-3-11(12)15/h2-3,6,8,10,18H,4-5,7,15H2,1H3,(H,16,19). The molecule has 5 nitrogen and oxygen atoms in total. The van der Waals surface area contributed by atoms with Gasteiger partial charge in [-0.15, -0.1) is 0 Å². The maximum Gasteiger partial charge on any atom is 0.241 e. The van der Waals surface area contributed by atoms with Crippen LogP contribution in [0, 0.1) is 0 Å². The van der Waals surface area contributed by atoms with Crippen molar-refractivity contribution < 1.29 is 9.90 Å². The summed E-state index contributed by atoms with van der Waals surface area (Å²) in [6, 6.07) is 4.64. The van der Waals surface area contributed by atoms with E-state index in [1.165, 1.54) is 0 Å². The third-order valence-corrected chi connectivity index (χ3v) is 3.63. The van der Waals surface area contributed by atoms with Crippen LogP contribution in [0.4, 0.5) is 11.4 Å². The highest BCUT2D eigenvalue weighted by Crippen LogP contribution is 2.23. The van der Waals surface area contributed by atoms with E-state index in [0.29, 0.717) is 29.4 Å². The van der Waals surface area contributed by atoms with Crippen LogP contribution in [0.15, 0.2) is 18.2 Å². The van der Waals surface area contributed by atoms with Crippen molar-refractivity contribution in [2.45, 2.75) is 25.5 Å².